The molecule has 0 radical (unpaired) electrons. The van der Waals surface area contributed by atoms with Gasteiger partial charge in [-0.1, -0.05) is 30.3 Å². The lowest BCUT2D eigenvalue weighted by atomic mass is 9.71. The average Bonchev–Trinajstić information content (AvgIpc) is 2.62. The molecule has 0 aromatic heterocycles. The van der Waals surface area contributed by atoms with Crippen molar-refractivity contribution in [2.24, 2.45) is 5.92 Å². The highest BCUT2D eigenvalue weighted by Gasteiger charge is 2.40. The SMILES string of the molecule is CCOC(=O)[C@@H]1CC(=O)c2ccc(OC)cc2[C@H]1c1ccccc1. The molecule has 4 heteroatoms. The number of carbonyl (C=O) groups is 2. The number of hydrogen-bond acceptors (Lipinski definition) is 4. The fourth-order valence-corrected chi connectivity index (χ4v) is 3.36. The van der Waals surface area contributed by atoms with Gasteiger partial charge in [0, 0.05) is 17.9 Å². The van der Waals surface area contributed by atoms with Crippen molar-refractivity contribution in [3.8, 4) is 5.75 Å². The molecule has 0 heterocycles. The second kappa shape index (κ2) is 6.87. The van der Waals surface area contributed by atoms with E-state index in [0.29, 0.717) is 17.9 Å². The summed E-state index contributed by atoms with van der Waals surface area (Å²) in [6, 6.07) is 15.2. The second-order valence-electron chi connectivity index (χ2n) is 5.83. The van der Waals surface area contributed by atoms with Crippen LogP contribution in [0.1, 0.15) is 40.7 Å². The first-order valence-electron chi connectivity index (χ1n) is 8.08. The maximum Gasteiger partial charge on any atom is 0.310 e. The van der Waals surface area contributed by atoms with Crippen LogP contribution in [0, 0.1) is 5.92 Å². The van der Waals surface area contributed by atoms with Gasteiger partial charge in [-0.3, -0.25) is 9.59 Å². The molecule has 1 aliphatic carbocycles. The maximum absolute atomic E-state index is 12.5. The van der Waals surface area contributed by atoms with Gasteiger partial charge in [-0.2, -0.15) is 0 Å². The Bertz CT molecular complexity index is 751. The van der Waals surface area contributed by atoms with E-state index in [1.54, 1.807) is 26.2 Å². The summed E-state index contributed by atoms with van der Waals surface area (Å²) in [7, 11) is 1.59. The standard InChI is InChI=1S/C20H20O4/c1-3-24-20(22)17-12-18(21)15-10-9-14(23-2)11-16(15)19(17)13-7-5-4-6-8-13/h4-11,17,19H,3,12H2,1-2H3/t17-,19-/m1/s1. The van der Waals surface area contributed by atoms with E-state index in [0.717, 1.165) is 11.1 Å². The highest BCUT2D eigenvalue weighted by molar-refractivity contribution is 6.02. The molecule has 0 unspecified atom stereocenters. The van der Waals surface area contributed by atoms with Crippen LogP contribution in [0.4, 0.5) is 0 Å². The number of benzene rings is 2. The van der Waals surface area contributed by atoms with Crippen LogP contribution in [0.3, 0.4) is 0 Å². The monoisotopic (exact) mass is 324 g/mol. The van der Waals surface area contributed by atoms with Gasteiger partial charge < -0.3 is 9.47 Å². The van der Waals surface area contributed by atoms with E-state index in [9.17, 15) is 9.59 Å². The van der Waals surface area contributed by atoms with Crippen molar-refractivity contribution in [1.29, 1.82) is 0 Å². The second-order valence-corrected chi connectivity index (χ2v) is 5.83. The molecule has 0 saturated heterocycles. The third kappa shape index (κ3) is 2.92. The lowest BCUT2D eigenvalue weighted by Gasteiger charge is -2.32. The van der Waals surface area contributed by atoms with E-state index in [-0.39, 0.29) is 24.1 Å². The molecular weight excluding hydrogens is 304 g/mol. The topological polar surface area (TPSA) is 52.6 Å². The molecule has 0 N–H and O–H groups in total. The Hall–Kier alpha value is -2.62. The third-order valence-corrected chi connectivity index (χ3v) is 4.45. The maximum atomic E-state index is 12.5. The van der Waals surface area contributed by atoms with Crippen LogP contribution < -0.4 is 4.74 Å². The Morgan fingerprint density at radius 1 is 1.17 bits per heavy atom. The van der Waals surface area contributed by atoms with E-state index < -0.39 is 5.92 Å². The molecule has 2 atom stereocenters. The summed E-state index contributed by atoms with van der Waals surface area (Å²) in [5, 5.41) is 0. The Balaban J connectivity index is 2.15. The van der Waals surface area contributed by atoms with Gasteiger partial charge in [0.15, 0.2) is 5.78 Å². The largest absolute Gasteiger partial charge is 0.497 e. The molecule has 124 valence electrons. The van der Waals surface area contributed by atoms with Crippen molar-refractivity contribution < 1.29 is 19.1 Å². The number of fused-ring (bicyclic) bond motifs is 1. The summed E-state index contributed by atoms with van der Waals surface area (Å²) in [6.45, 7) is 2.08. The van der Waals surface area contributed by atoms with E-state index in [2.05, 4.69) is 0 Å². The Morgan fingerprint density at radius 2 is 1.92 bits per heavy atom. The molecule has 0 bridgehead atoms. The predicted octanol–water partition coefficient (Wildman–Crippen LogP) is 3.59. The van der Waals surface area contributed by atoms with Crippen molar-refractivity contribution in [3.05, 3.63) is 65.2 Å². The molecule has 0 aliphatic heterocycles. The molecule has 0 saturated carbocycles. The lowest BCUT2D eigenvalue weighted by Crippen LogP contribution is -2.33. The number of carbonyl (C=O) groups excluding carboxylic acids is 2. The number of Topliss-reactive ketones (excluding diaryl/α,β-unsaturated/α-hetero) is 1. The summed E-state index contributed by atoms with van der Waals surface area (Å²) >= 11 is 0. The summed E-state index contributed by atoms with van der Waals surface area (Å²) < 4.78 is 10.5. The fraction of sp³-hybridized carbons (Fsp3) is 0.300. The number of hydrogen-bond donors (Lipinski definition) is 0. The fourth-order valence-electron chi connectivity index (χ4n) is 3.36. The van der Waals surface area contributed by atoms with E-state index in [1.807, 2.05) is 36.4 Å². The number of ether oxygens (including phenoxy) is 2. The first-order valence-corrected chi connectivity index (χ1v) is 8.08. The number of rotatable bonds is 4. The molecular formula is C20H20O4. The molecule has 0 fully saturated rings. The highest BCUT2D eigenvalue weighted by Crippen LogP contribution is 2.42. The van der Waals surface area contributed by atoms with Crippen molar-refractivity contribution in [2.75, 3.05) is 13.7 Å². The van der Waals surface area contributed by atoms with Crippen molar-refractivity contribution in [3.63, 3.8) is 0 Å². The van der Waals surface area contributed by atoms with Gasteiger partial charge in [-0.15, -0.1) is 0 Å². The predicted molar refractivity (Wildman–Crippen MR) is 90.3 cm³/mol. The van der Waals surface area contributed by atoms with Gasteiger partial charge in [0.1, 0.15) is 5.75 Å². The molecule has 1 aliphatic rings. The Kier molecular flexibility index (Phi) is 4.65. The first kappa shape index (κ1) is 16.2. The van der Waals surface area contributed by atoms with Gasteiger partial charge in [-0.05, 0) is 36.2 Å². The minimum atomic E-state index is -0.514. The molecule has 4 nitrogen and oxygen atoms in total. The normalized spacial score (nSPS) is 19.5. The van der Waals surface area contributed by atoms with Crippen LogP contribution in [-0.4, -0.2) is 25.5 Å². The quantitative estimate of drug-likeness (QED) is 0.807. The summed E-state index contributed by atoms with van der Waals surface area (Å²) in [4.78, 5) is 25.0. The Morgan fingerprint density at radius 3 is 2.58 bits per heavy atom. The van der Waals surface area contributed by atoms with Gasteiger partial charge >= 0.3 is 5.97 Å². The van der Waals surface area contributed by atoms with Crippen molar-refractivity contribution in [1.82, 2.24) is 0 Å². The number of esters is 1. The molecule has 2 aromatic carbocycles. The van der Waals surface area contributed by atoms with Crippen LogP contribution >= 0.6 is 0 Å². The highest BCUT2D eigenvalue weighted by atomic mass is 16.5. The van der Waals surface area contributed by atoms with Gasteiger partial charge in [0.25, 0.3) is 0 Å². The molecule has 3 rings (SSSR count). The minimum absolute atomic E-state index is 0.0297. The van der Waals surface area contributed by atoms with Crippen LogP contribution in [0.5, 0.6) is 5.75 Å². The zero-order chi connectivity index (χ0) is 17.1. The van der Waals surface area contributed by atoms with Crippen molar-refractivity contribution >= 4 is 11.8 Å². The Labute approximate surface area is 141 Å². The zero-order valence-corrected chi connectivity index (χ0v) is 13.8. The van der Waals surface area contributed by atoms with E-state index in [4.69, 9.17) is 9.47 Å². The third-order valence-electron chi connectivity index (χ3n) is 4.45. The number of ketones is 1. The summed E-state index contributed by atoms with van der Waals surface area (Å²) in [5.41, 5.74) is 2.48. The van der Waals surface area contributed by atoms with Crippen LogP contribution in [-0.2, 0) is 9.53 Å². The summed E-state index contributed by atoms with van der Waals surface area (Å²) in [6.07, 6.45) is 0.164. The van der Waals surface area contributed by atoms with Gasteiger partial charge in [0.2, 0.25) is 0 Å². The summed E-state index contributed by atoms with van der Waals surface area (Å²) in [5.74, 6) is -0.412. The zero-order valence-electron chi connectivity index (χ0n) is 13.8. The van der Waals surface area contributed by atoms with Crippen LogP contribution in [0.25, 0.3) is 0 Å². The lowest BCUT2D eigenvalue weighted by molar-refractivity contribution is -0.148. The van der Waals surface area contributed by atoms with Crippen LogP contribution in [0.2, 0.25) is 0 Å². The van der Waals surface area contributed by atoms with E-state index in [1.165, 1.54) is 0 Å². The molecule has 2 aromatic rings. The first-order chi connectivity index (χ1) is 11.7. The smallest absolute Gasteiger partial charge is 0.310 e. The van der Waals surface area contributed by atoms with Crippen LogP contribution in [0.15, 0.2) is 48.5 Å². The van der Waals surface area contributed by atoms with Gasteiger partial charge in [-0.25, -0.2) is 0 Å². The number of methoxy groups -OCH3 is 1. The van der Waals surface area contributed by atoms with Crippen molar-refractivity contribution in [2.45, 2.75) is 19.3 Å². The van der Waals surface area contributed by atoms with Gasteiger partial charge in [0.05, 0.1) is 19.6 Å². The molecule has 0 amide bonds. The molecule has 24 heavy (non-hydrogen) atoms. The minimum Gasteiger partial charge on any atom is -0.497 e. The van der Waals surface area contributed by atoms with E-state index >= 15 is 0 Å². The molecule has 0 spiro atoms. The average molecular weight is 324 g/mol.